The van der Waals surface area contributed by atoms with E-state index in [0.29, 0.717) is 44.7 Å². The van der Waals surface area contributed by atoms with Gasteiger partial charge in [-0.15, -0.1) is 0 Å². The summed E-state index contributed by atoms with van der Waals surface area (Å²) in [5.74, 6) is -1.73. The molecule has 2 bridgehead atoms. The minimum absolute atomic E-state index is 0.203. The lowest BCUT2D eigenvalue weighted by molar-refractivity contribution is -0.134. The molecule has 4 heterocycles. The van der Waals surface area contributed by atoms with Crippen molar-refractivity contribution >= 4 is 50.8 Å². The van der Waals surface area contributed by atoms with Gasteiger partial charge in [-0.3, -0.25) is 14.6 Å². The Hall–Kier alpha value is -4.03. The maximum absolute atomic E-state index is 14.1. The number of amides is 2. The summed E-state index contributed by atoms with van der Waals surface area (Å²) in [5.41, 5.74) is -0.663. The van der Waals surface area contributed by atoms with Gasteiger partial charge in [-0.1, -0.05) is 35.9 Å². The van der Waals surface area contributed by atoms with Crippen LogP contribution in [-0.2, 0) is 14.3 Å². The standard InChI is InChI=1S/C31H24ClN3O5/c1-30-25(36)15-31(40-30,11-13-39-24-10-12-34-22-14-18(32)7-8-21(22)24)27-26(30)28(37)35(29(27)38)23-9-6-17(16-33)19-4-2-3-5-20(19)23/h2-10,12,14,25-27,36H,11,13,15H2,1H3/t25?,26-,27+,30-,31+/m1/s1. The van der Waals surface area contributed by atoms with Crippen molar-refractivity contribution in [1.29, 1.82) is 5.26 Å². The van der Waals surface area contributed by atoms with Crippen molar-refractivity contribution < 1.29 is 24.2 Å². The van der Waals surface area contributed by atoms with Crippen molar-refractivity contribution in [2.24, 2.45) is 11.8 Å². The van der Waals surface area contributed by atoms with Crippen molar-refractivity contribution in [2.45, 2.75) is 37.1 Å². The van der Waals surface area contributed by atoms with E-state index in [1.807, 2.05) is 18.2 Å². The fourth-order valence-electron chi connectivity index (χ4n) is 6.99. The predicted octanol–water partition coefficient (Wildman–Crippen LogP) is 4.78. The quantitative estimate of drug-likeness (QED) is 0.354. The van der Waals surface area contributed by atoms with Gasteiger partial charge < -0.3 is 14.6 Å². The molecule has 8 nitrogen and oxygen atoms in total. The second kappa shape index (κ2) is 8.73. The van der Waals surface area contributed by atoms with Crippen LogP contribution in [0.2, 0.25) is 5.02 Å². The number of fused-ring (bicyclic) bond motifs is 7. The topological polar surface area (TPSA) is 113 Å². The molecule has 7 rings (SSSR count). The highest BCUT2D eigenvalue weighted by Gasteiger charge is 2.77. The van der Waals surface area contributed by atoms with Crippen LogP contribution in [0.4, 0.5) is 5.69 Å². The summed E-state index contributed by atoms with van der Waals surface area (Å²) in [4.78, 5) is 33.6. The van der Waals surface area contributed by atoms with Gasteiger partial charge in [0.25, 0.3) is 0 Å². The molecule has 5 atom stereocenters. The highest BCUT2D eigenvalue weighted by atomic mass is 35.5. The zero-order chi connectivity index (χ0) is 27.8. The number of aromatic nitrogens is 1. The molecular formula is C31H24ClN3O5. The molecule has 2 amide bonds. The SMILES string of the molecule is C[C@@]12O[C@@](CCOc3ccnc4cc(Cl)ccc34)(CC1O)[C@@H]1C(=O)N(c3ccc(C#N)c4ccccc34)C(=O)[C@@H]12. The second-order valence-electron chi connectivity index (χ2n) is 10.9. The molecule has 3 aromatic carbocycles. The predicted molar refractivity (Wildman–Crippen MR) is 148 cm³/mol. The maximum Gasteiger partial charge on any atom is 0.240 e. The summed E-state index contributed by atoms with van der Waals surface area (Å²) in [5, 5.41) is 23.3. The van der Waals surface area contributed by atoms with Gasteiger partial charge in [0.05, 0.1) is 53.0 Å². The van der Waals surface area contributed by atoms with Crippen LogP contribution in [0.5, 0.6) is 5.75 Å². The molecule has 1 unspecified atom stereocenters. The van der Waals surface area contributed by atoms with Crippen molar-refractivity contribution in [2.75, 3.05) is 11.5 Å². The average molecular weight is 554 g/mol. The van der Waals surface area contributed by atoms with E-state index < -0.39 is 35.0 Å². The van der Waals surface area contributed by atoms with Crippen LogP contribution in [0.1, 0.15) is 25.3 Å². The van der Waals surface area contributed by atoms with Gasteiger partial charge in [0, 0.05) is 40.2 Å². The number of nitrogens with zero attached hydrogens (tertiary/aromatic N) is 3. The van der Waals surface area contributed by atoms with Gasteiger partial charge in [-0.2, -0.15) is 5.26 Å². The Morgan fingerprint density at radius 2 is 1.88 bits per heavy atom. The number of carbonyl (C=O) groups excluding carboxylic acids is 2. The van der Waals surface area contributed by atoms with Crippen LogP contribution >= 0.6 is 11.6 Å². The Labute approximate surface area is 234 Å². The maximum atomic E-state index is 14.1. The Kier molecular flexibility index (Phi) is 5.45. The van der Waals surface area contributed by atoms with Crippen LogP contribution in [-0.4, -0.2) is 45.8 Å². The number of nitriles is 1. The van der Waals surface area contributed by atoms with Crippen molar-refractivity contribution in [3.05, 3.63) is 77.4 Å². The third kappa shape index (κ3) is 3.35. The monoisotopic (exact) mass is 553 g/mol. The number of benzene rings is 3. The summed E-state index contributed by atoms with van der Waals surface area (Å²) in [6.45, 7) is 1.92. The van der Waals surface area contributed by atoms with E-state index in [4.69, 9.17) is 21.1 Å². The van der Waals surface area contributed by atoms with Gasteiger partial charge >= 0.3 is 0 Å². The molecule has 200 valence electrons. The number of aliphatic hydroxyl groups excluding tert-OH is 1. The Morgan fingerprint density at radius 1 is 1.10 bits per heavy atom. The lowest BCUT2D eigenvalue weighted by Crippen LogP contribution is -2.49. The third-order valence-corrected chi connectivity index (χ3v) is 9.06. The van der Waals surface area contributed by atoms with Gasteiger partial charge in [0.2, 0.25) is 11.8 Å². The molecule has 0 aliphatic carbocycles. The molecule has 3 saturated heterocycles. The molecule has 0 radical (unpaired) electrons. The molecule has 9 heteroatoms. The van der Waals surface area contributed by atoms with Crippen LogP contribution in [0.3, 0.4) is 0 Å². The summed E-state index contributed by atoms with van der Waals surface area (Å²) >= 11 is 6.11. The molecule has 1 N–H and O–H groups in total. The number of anilines is 1. The number of carbonyl (C=O) groups is 2. The van der Waals surface area contributed by atoms with Gasteiger partial charge in [-0.25, -0.2) is 4.90 Å². The second-order valence-corrected chi connectivity index (χ2v) is 11.3. The number of aliphatic hydroxyl groups is 1. The normalized spacial score (nSPS) is 28.9. The van der Waals surface area contributed by atoms with Crippen molar-refractivity contribution in [1.82, 2.24) is 4.98 Å². The molecular weight excluding hydrogens is 530 g/mol. The number of rotatable bonds is 5. The zero-order valence-electron chi connectivity index (χ0n) is 21.5. The molecule has 3 aliphatic heterocycles. The third-order valence-electron chi connectivity index (χ3n) is 8.82. The molecule has 1 aromatic heterocycles. The molecule has 40 heavy (non-hydrogen) atoms. The zero-order valence-corrected chi connectivity index (χ0v) is 22.3. The molecule has 3 fully saturated rings. The Morgan fingerprint density at radius 3 is 2.67 bits per heavy atom. The lowest BCUT2D eigenvalue weighted by Gasteiger charge is -2.33. The molecule has 0 spiro atoms. The minimum atomic E-state index is -1.20. The van der Waals surface area contributed by atoms with E-state index in [1.54, 1.807) is 55.6 Å². The highest BCUT2D eigenvalue weighted by molar-refractivity contribution is 6.31. The van der Waals surface area contributed by atoms with Crippen LogP contribution in [0.15, 0.2) is 66.9 Å². The first-order valence-corrected chi connectivity index (χ1v) is 13.5. The smallest absolute Gasteiger partial charge is 0.240 e. The van der Waals surface area contributed by atoms with Gasteiger partial charge in [0.15, 0.2) is 0 Å². The van der Waals surface area contributed by atoms with Crippen molar-refractivity contribution in [3.8, 4) is 11.8 Å². The van der Waals surface area contributed by atoms with Gasteiger partial charge in [-0.05, 0) is 43.3 Å². The summed E-state index contributed by atoms with van der Waals surface area (Å²) in [7, 11) is 0. The van der Waals surface area contributed by atoms with E-state index in [1.165, 1.54) is 4.90 Å². The van der Waals surface area contributed by atoms with Crippen molar-refractivity contribution in [3.63, 3.8) is 0 Å². The summed E-state index contributed by atoms with van der Waals surface area (Å²) in [6.07, 6.45) is 1.26. The van der Waals surface area contributed by atoms with E-state index in [9.17, 15) is 20.0 Å². The lowest BCUT2D eigenvalue weighted by atomic mass is 9.66. The number of hydrogen-bond acceptors (Lipinski definition) is 7. The van der Waals surface area contributed by atoms with Crippen LogP contribution in [0.25, 0.3) is 21.7 Å². The van der Waals surface area contributed by atoms with Crippen LogP contribution in [0, 0.1) is 23.2 Å². The van der Waals surface area contributed by atoms with E-state index >= 15 is 0 Å². The van der Waals surface area contributed by atoms with E-state index in [0.717, 1.165) is 5.39 Å². The molecule has 0 saturated carbocycles. The first-order chi connectivity index (χ1) is 19.3. The Balaban J connectivity index is 1.22. The Bertz CT molecular complexity index is 1790. The number of halogens is 1. The summed E-state index contributed by atoms with van der Waals surface area (Å²) < 4.78 is 12.6. The first kappa shape index (κ1) is 25.0. The highest BCUT2D eigenvalue weighted by Crippen LogP contribution is 2.62. The van der Waals surface area contributed by atoms with Crippen LogP contribution < -0.4 is 9.64 Å². The molecule has 4 aromatic rings. The molecule has 3 aliphatic rings. The number of ether oxygens (including phenoxy) is 2. The fourth-order valence-corrected chi connectivity index (χ4v) is 7.16. The summed E-state index contributed by atoms with van der Waals surface area (Å²) in [6, 6.07) is 19.8. The largest absolute Gasteiger partial charge is 0.493 e. The fraction of sp³-hybridized carbons (Fsp3) is 0.290. The van der Waals surface area contributed by atoms with Gasteiger partial charge in [0.1, 0.15) is 11.4 Å². The number of hydrogen-bond donors (Lipinski definition) is 1. The van der Waals surface area contributed by atoms with E-state index in [2.05, 4.69) is 11.1 Å². The minimum Gasteiger partial charge on any atom is -0.493 e. The average Bonchev–Trinajstić information content (AvgIpc) is 3.48. The van der Waals surface area contributed by atoms with E-state index in [-0.39, 0.29) is 18.9 Å². The number of imide groups is 1. The number of pyridine rings is 1. The first-order valence-electron chi connectivity index (χ1n) is 13.1.